The number of aldehydes is 1. The molecule has 0 atom stereocenters. The molecule has 0 aliphatic carbocycles. The van der Waals surface area contributed by atoms with Crippen molar-refractivity contribution < 1.29 is 14.1 Å². The van der Waals surface area contributed by atoms with E-state index in [1.807, 2.05) is 20.8 Å². The van der Waals surface area contributed by atoms with Crippen molar-refractivity contribution in [2.24, 2.45) is 0 Å². The van der Waals surface area contributed by atoms with Gasteiger partial charge in [-0.3, -0.25) is 10.1 Å². The molecule has 6 nitrogen and oxygen atoms in total. The van der Waals surface area contributed by atoms with E-state index in [9.17, 15) is 9.59 Å². The SMILES string of the molecule is CC(C)(C)c1cc(NC(=O)Nc2ccc(C=O)cc2)no1. The van der Waals surface area contributed by atoms with Gasteiger partial charge in [0.15, 0.2) is 5.82 Å². The molecule has 0 saturated heterocycles. The Morgan fingerprint density at radius 1 is 1.19 bits per heavy atom. The predicted molar refractivity (Wildman–Crippen MR) is 79.7 cm³/mol. The molecule has 0 aliphatic rings. The van der Waals surface area contributed by atoms with Gasteiger partial charge in [-0.2, -0.15) is 0 Å². The van der Waals surface area contributed by atoms with Crippen LogP contribution in [0, 0.1) is 0 Å². The lowest BCUT2D eigenvalue weighted by Crippen LogP contribution is -2.19. The van der Waals surface area contributed by atoms with E-state index < -0.39 is 6.03 Å². The van der Waals surface area contributed by atoms with Gasteiger partial charge in [-0.25, -0.2) is 4.79 Å². The van der Waals surface area contributed by atoms with Gasteiger partial charge in [0.25, 0.3) is 0 Å². The van der Waals surface area contributed by atoms with Gasteiger partial charge in [0.05, 0.1) is 0 Å². The van der Waals surface area contributed by atoms with E-state index in [1.54, 1.807) is 30.3 Å². The van der Waals surface area contributed by atoms with Crippen LogP contribution in [-0.4, -0.2) is 17.5 Å². The number of rotatable bonds is 3. The van der Waals surface area contributed by atoms with E-state index in [-0.39, 0.29) is 5.41 Å². The molecule has 2 rings (SSSR count). The van der Waals surface area contributed by atoms with E-state index in [0.29, 0.717) is 22.8 Å². The fraction of sp³-hybridized carbons (Fsp3) is 0.267. The fourth-order valence-electron chi connectivity index (χ4n) is 1.61. The summed E-state index contributed by atoms with van der Waals surface area (Å²) >= 11 is 0. The number of aromatic nitrogens is 1. The van der Waals surface area contributed by atoms with Crippen LogP contribution in [-0.2, 0) is 5.41 Å². The van der Waals surface area contributed by atoms with Gasteiger partial charge >= 0.3 is 6.03 Å². The maximum absolute atomic E-state index is 11.8. The quantitative estimate of drug-likeness (QED) is 0.847. The third-order valence-electron chi connectivity index (χ3n) is 2.80. The number of benzene rings is 1. The maximum atomic E-state index is 11.8. The largest absolute Gasteiger partial charge is 0.359 e. The van der Waals surface area contributed by atoms with Crippen molar-refractivity contribution in [3.63, 3.8) is 0 Å². The van der Waals surface area contributed by atoms with Crippen LogP contribution in [0.4, 0.5) is 16.3 Å². The van der Waals surface area contributed by atoms with Crippen LogP contribution in [0.5, 0.6) is 0 Å². The molecule has 21 heavy (non-hydrogen) atoms. The minimum absolute atomic E-state index is 0.173. The number of amides is 2. The van der Waals surface area contributed by atoms with E-state index in [2.05, 4.69) is 15.8 Å². The molecule has 0 fully saturated rings. The number of carbonyl (C=O) groups is 2. The summed E-state index contributed by atoms with van der Waals surface area (Å²) in [5, 5.41) is 9.03. The molecule has 0 saturated carbocycles. The minimum Gasteiger partial charge on any atom is -0.359 e. The molecule has 2 aromatic rings. The average Bonchev–Trinajstić information content (AvgIpc) is 2.88. The Labute approximate surface area is 122 Å². The normalized spacial score (nSPS) is 11.0. The molecule has 1 aromatic heterocycles. The van der Waals surface area contributed by atoms with Gasteiger partial charge in [-0.1, -0.05) is 25.9 Å². The van der Waals surface area contributed by atoms with Crippen LogP contribution in [0.15, 0.2) is 34.9 Å². The highest BCUT2D eigenvalue weighted by Crippen LogP contribution is 2.24. The molecule has 1 aromatic carbocycles. The Balaban J connectivity index is 1.98. The number of anilines is 2. The summed E-state index contributed by atoms with van der Waals surface area (Å²) in [6.07, 6.45) is 0.743. The second-order valence-corrected chi connectivity index (χ2v) is 5.65. The van der Waals surface area contributed by atoms with E-state index >= 15 is 0 Å². The standard InChI is InChI=1S/C15H17N3O3/c1-15(2,3)12-8-13(18-21-12)17-14(20)16-11-6-4-10(9-19)5-7-11/h4-9H,1-3H3,(H2,16,17,18,20). The summed E-state index contributed by atoms with van der Waals surface area (Å²) in [5.74, 6) is 1.04. The second-order valence-electron chi connectivity index (χ2n) is 5.65. The van der Waals surface area contributed by atoms with Gasteiger partial charge in [-0.15, -0.1) is 0 Å². The minimum atomic E-state index is -0.428. The van der Waals surface area contributed by atoms with Crippen molar-refractivity contribution in [2.75, 3.05) is 10.6 Å². The third-order valence-corrected chi connectivity index (χ3v) is 2.80. The Kier molecular flexibility index (Phi) is 4.07. The predicted octanol–water partition coefficient (Wildman–Crippen LogP) is 3.43. The number of urea groups is 1. The molecule has 0 unspecified atom stereocenters. The van der Waals surface area contributed by atoms with Crippen molar-refractivity contribution in [3.05, 3.63) is 41.7 Å². The topological polar surface area (TPSA) is 84.2 Å². The molecule has 6 heteroatoms. The van der Waals surface area contributed by atoms with Crippen LogP contribution in [0.25, 0.3) is 0 Å². The van der Waals surface area contributed by atoms with Gasteiger partial charge < -0.3 is 9.84 Å². The van der Waals surface area contributed by atoms with E-state index in [0.717, 1.165) is 6.29 Å². The van der Waals surface area contributed by atoms with Crippen LogP contribution in [0.2, 0.25) is 0 Å². The zero-order valence-electron chi connectivity index (χ0n) is 12.1. The number of nitrogens with zero attached hydrogens (tertiary/aromatic N) is 1. The lowest BCUT2D eigenvalue weighted by Gasteiger charge is -2.12. The molecule has 110 valence electrons. The summed E-state index contributed by atoms with van der Waals surface area (Å²) < 4.78 is 5.18. The first-order valence-corrected chi connectivity index (χ1v) is 6.49. The molecule has 2 N–H and O–H groups in total. The number of nitrogens with one attached hydrogen (secondary N) is 2. The molecule has 0 aliphatic heterocycles. The molecule has 0 bridgehead atoms. The lowest BCUT2D eigenvalue weighted by molar-refractivity contribution is 0.112. The van der Waals surface area contributed by atoms with Gasteiger partial charge in [-0.05, 0) is 24.3 Å². The van der Waals surface area contributed by atoms with Crippen molar-refractivity contribution in [1.29, 1.82) is 0 Å². The summed E-state index contributed by atoms with van der Waals surface area (Å²) in [6.45, 7) is 5.98. The summed E-state index contributed by atoms with van der Waals surface area (Å²) in [6, 6.07) is 7.80. The number of carbonyl (C=O) groups excluding carboxylic acids is 2. The van der Waals surface area contributed by atoms with Crippen LogP contribution in [0.3, 0.4) is 0 Å². The van der Waals surface area contributed by atoms with Gasteiger partial charge in [0.2, 0.25) is 0 Å². The zero-order chi connectivity index (χ0) is 15.5. The Bertz CT molecular complexity index is 639. The average molecular weight is 287 g/mol. The second kappa shape index (κ2) is 5.78. The Morgan fingerprint density at radius 2 is 1.86 bits per heavy atom. The van der Waals surface area contributed by atoms with Crippen LogP contribution in [0.1, 0.15) is 36.9 Å². The number of hydrogen-bond donors (Lipinski definition) is 2. The summed E-state index contributed by atoms with van der Waals surface area (Å²) in [5.41, 5.74) is 0.957. The van der Waals surface area contributed by atoms with Gasteiger partial charge in [0, 0.05) is 22.7 Å². The highest BCUT2D eigenvalue weighted by atomic mass is 16.5. The summed E-state index contributed by atoms with van der Waals surface area (Å²) in [7, 11) is 0. The van der Waals surface area contributed by atoms with Crippen molar-refractivity contribution in [1.82, 2.24) is 5.16 Å². The van der Waals surface area contributed by atoms with E-state index in [1.165, 1.54) is 0 Å². The first kappa shape index (κ1) is 14.8. The smallest absolute Gasteiger partial charge is 0.324 e. The maximum Gasteiger partial charge on any atom is 0.324 e. The summed E-state index contributed by atoms with van der Waals surface area (Å²) in [4.78, 5) is 22.4. The molecular formula is C15H17N3O3. The Hall–Kier alpha value is -2.63. The van der Waals surface area contributed by atoms with Gasteiger partial charge in [0.1, 0.15) is 12.0 Å². The highest BCUT2D eigenvalue weighted by molar-refractivity contribution is 5.99. The molecule has 2 amide bonds. The molecule has 0 spiro atoms. The molecule has 1 heterocycles. The molecular weight excluding hydrogens is 270 g/mol. The monoisotopic (exact) mass is 287 g/mol. The van der Waals surface area contributed by atoms with Crippen molar-refractivity contribution >= 4 is 23.8 Å². The third kappa shape index (κ3) is 3.92. The Morgan fingerprint density at radius 3 is 2.38 bits per heavy atom. The van der Waals surface area contributed by atoms with E-state index in [4.69, 9.17) is 4.52 Å². The lowest BCUT2D eigenvalue weighted by atomic mass is 9.93. The first-order chi connectivity index (χ1) is 9.88. The zero-order valence-corrected chi connectivity index (χ0v) is 12.1. The van der Waals surface area contributed by atoms with Crippen LogP contribution < -0.4 is 10.6 Å². The molecule has 0 radical (unpaired) electrons. The van der Waals surface area contributed by atoms with Crippen molar-refractivity contribution in [2.45, 2.75) is 26.2 Å². The first-order valence-electron chi connectivity index (χ1n) is 6.49. The van der Waals surface area contributed by atoms with Crippen molar-refractivity contribution in [3.8, 4) is 0 Å². The van der Waals surface area contributed by atoms with Crippen LogP contribution >= 0.6 is 0 Å². The fourth-order valence-corrected chi connectivity index (χ4v) is 1.61. The highest BCUT2D eigenvalue weighted by Gasteiger charge is 2.20. The number of hydrogen-bond acceptors (Lipinski definition) is 4.